The van der Waals surface area contributed by atoms with Gasteiger partial charge in [-0.3, -0.25) is 10.1 Å². The fourth-order valence-electron chi connectivity index (χ4n) is 2.15. The second-order valence-corrected chi connectivity index (χ2v) is 6.35. The molecule has 1 aromatic carbocycles. The molecule has 5 heteroatoms. The van der Waals surface area contributed by atoms with E-state index < -0.39 is 0 Å². The van der Waals surface area contributed by atoms with Crippen molar-refractivity contribution >= 4 is 5.69 Å². The lowest BCUT2D eigenvalue weighted by Gasteiger charge is -2.21. The van der Waals surface area contributed by atoms with Crippen LogP contribution in [0.25, 0.3) is 0 Å². The summed E-state index contributed by atoms with van der Waals surface area (Å²) < 4.78 is 5.28. The molecule has 5 nitrogen and oxygen atoms in total. The Bertz CT molecular complexity index is 517. The van der Waals surface area contributed by atoms with Crippen LogP contribution in [0.15, 0.2) is 12.1 Å². The van der Waals surface area contributed by atoms with Gasteiger partial charge in [-0.2, -0.15) is 0 Å². The zero-order valence-corrected chi connectivity index (χ0v) is 12.5. The average Bonchev–Trinajstić information content (AvgIpc) is 3.17. The maximum atomic E-state index is 11.3. The fraction of sp³-hybridized carbons (Fsp3) is 0.600. The highest BCUT2D eigenvalue weighted by Crippen LogP contribution is 2.36. The van der Waals surface area contributed by atoms with Crippen LogP contribution in [0, 0.1) is 10.1 Å². The van der Waals surface area contributed by atoms with Crippen LogP contribution in [0.1, 0.15) is 44.7 Å². The normalized spacial score (nSPS) is 15.2. The van der Waals surface area contributed by atoms with Crippen molar-refractivity contribution in [2.45, 2.75) is 51.6 Å². The number of nitrogens with one attached hydrogen (secondary N) is 1. The Kier molecular flexibility index (Phi) is 3.99. The topological polar surface area (TPSA) is 64.4 Å². The largest absolute Gasteiger partial charge is 0.490 e. The minimum atomic E-state index is -0.366. The van der Waals surface area contributed by atoms with Gasteiger partial charge in [0, 0.05) is 24.2 Å². The Balaban J connectivity index is 2.43. The van der Waals surface area contributed by atoms with Gasteiger partial charge in [0.15, 0.2) is 0 Å². The zero-order chi connectivity index (χ0) is 14.9. The molecule has 0 amide bonds. The Labute approximate surface area is 119 Å². The summed E-state index contributed by atoms with van der Waals surface area (Å²) >= 11 is 0. The molecule has 0 heterocycles. The van der Waals surface area contributed by atoms with E-state index in [4.69, 9.17) is 4.74 Å². The SMILES string of the molecule is COc1c(CNC2CC2)cc(C(C)(C)C)cc1[N+](=O)[O-]. The molecule has 1 fully saturated rings. The van der Waals surface area contributed by atoms with E-state index in [2.05, 4.69) is 26.1 Å². The minimum absolute atomic E-state index is 0.0486. The van der Waals surface area contributed by atoms with Gasteiger partial charge in [-0.1, -0.05) is 20.8 Å². The number of hydrogen-bond donors (Lipinski definition) is 1. The van der Waals surface area contributed by atoms with Gasteiger partial charge in [0.05, 0.1) is 12.0 Å². The first kappa shape index (κ1) is 14.8. The summed E-state index contributed by atoms with van der Waals surface area (Å²) in [6, 6.07) is 4.19. The van der Waals surface area contributed by atoms with Crippen LogP contribution in [0.5, 0.6) is 5.75 Å². The number of methoxy groups -OCH3 is 1. The van der Waals surface area contributed by atoms with Crippen LogP contribution in [-0.4, -0.2) is 18.1 Å². The van der Waals surface area contributed by atoms with E-state index >= 15 is 0 Å². The molecule has 0 aromatic heterocycles. The van der Waals surface area contributed by atoms with E-state index in [9.17, 15) is 10.1 Å². The predicted octanol–water partition coefficient (Wildman–Crippen LogP) is 3.15. The number of benzene rings is 1. The van der Waals surface area contributed by atoms with E-state index in [1.165, 1.54) is 20.0 Å². The van der Waals surface area contributed by atoms with E-state index in [1.54, 1.807) is 6.07 Å². The highest BCUT2D eigenvalue weighted by Gasteiger charge is 2.26. The third-order valence-electron chi connectivity index (χ3n) is 3.57. The van der Waals surface area contributed by atoms with Gasteiger partial charge < -0.3 is 10.1 Å². The van der Waals surface area contributed by atoms with Gasteiger partial charge in [-0.25, -0.2) is 0 Å². The van der Waals surface area contributed by atoms with Crippen LogP contribution in [-0.2, 0) is 12.0 Å². The minimum Gasteiger partial charge on any atom is -0.490 e. The molecule has 1 aliphatic carbocycles. The maximum Gasteiger partial charge on any atom is 0.311 e. The lowest BCUT2D eigenvalue weighted by Crippen LogP contribution is -2.18. The van der Waals surface area contributed by atoms with E-state index in [0.717, 1.165) is 11.1 Å². The number of nitrogens with zero attached hydrogens (tertiary/aromatic N) is 1. The molecule has 0 unspecified atom stereocenters. The molecule has 0 atom stereocenters. The monoisotopic (exact) mass is 278 g/mol. The lowest BCUT2D eigenvalue weighted by molar-refractivity contribution is -0.385. The maximum absolute atomic E-state index is 11.3. The first-order chi connectivity index (χ1) is 9.32. The van der Waals surface area contributed by atoms with E-state index in [1.807, 2.05) is 6.07 Å². The smallest absolute Gasteiger partial charge is 0.311 e. The molecule has 0 spiro atoms. The van der Waals surface area contributed by atoms with Gasteiger partial charge in [-0.15, -0.1) is 0 Å². The first-order valence-electron chi connectivity index (χ1n) is 6.92. The van der Waals surface area contributed by atoms with Gasteiger partial charge in [-0.05, 0) is 29.9 Å². The molecular weight excluding hydrogens is 256 g/mol. The number of nitro benzene ring substituents is 1. The molecule has 0 radical (unpaired) electrons. The van der Waals surface area contributed by atoms with Crippen molar-refractivity contribution in [2.75, 3.05) is 7.11 Å². The standard InChI is InChI=1S/C15H22N2O3/c1-15(2,3)11-7-10(9-16-12-5-6-12)14(20-4)13(8-11)17(18)19/h7-8,12,16H,5-6,9H2,1-4H3. The lowest BCUT2D eigenvalue weighted by atomic mass is 9.85. The Morgan fingerprint density at radius 1 is 1.40 bits per heavy atom. The third kappa shape index (κ3) is 3.28. The number of nitro groups is 1. The number of rotatable bonds is 5. The molecule has 1 aliphatic rings. The molecule has 1 aromatic rings. The van der Waals surface area contributed by atoms with Crippen molar-refractivity contribution in [3.63, 3.8) is 0 Å². The Morgan fingerprint density at radius 2 is 2.05 bits per heavy atom. The highest BCUT2D eigenvalue weighted by molar-refractivity contribution is 5.55. The average molecular weight is 278 g/mol. The van der Waals surface area contributed by atoms with Gasteiger partial charge in [0.1, 0.15) is 0 Å². The van der Waals surface area contributed by atoms with Gasteiger partial charge in [0.2, 0.25) is 5.75 Å². The van der Waals surface area contributed by atoms with E-state index in [-0.39, 0.29) is 16.0 Å². The summed E-state index contributed by atoms with van der Waals surface area (Å²) in [7, 11) is 1.49. The first-order valence-corrected chi connectivity index (χ1v) is 6.92. The van der Waals surface area contributed by atoms with Crippen molar-refractivity contribution in [2.24, 2.45) is 0 Å². The molecule has 1 N–H and O–H groups in total. The molecule has 0 bridgehead atoms. The summed E-state index contributed by atoms with van der Waals surface area (Å²) in [5.74, 6) is 0.371. The summed E-state index contributed by atoms with van der Waals surface area (Å²) in [5, 5.41) is 14.7. The second-order valence-electron chi connectivity index (χ2n) is 6.35. The number of ether oxygens (including phenoxy) is 1. The molecule has 1 saturated carbocycles. The third-order valence-corrected chi connectivity index (χ3v) is 3.57. The Hall–Kier alpha value is -1.62. The van der Waals surface area contributed by atoms with Crippen molar-refractivity contribution in [1.29, 1.82) is 0 Å². The predicted molar refractivity (Wildman–Crippen MR) is 78.2 cm³/mol. The molecule has 20 heavy (non-hydrogen) atoms. The highest BCUT2D eigenvalue weighted by atomic mass is 16.6. The summed E-state index contributed by atoms with van der Waals surface area (Å²) in [6.07, 6.45) is 2.37. The van der Waals surface area contributed by atoms with Gasteiger partial charge >= 0.3 is 5.69 Å². The van der Waals surface area contributed by atoms with Crippen molar-refractivity contribution in [3.8, 4) is 5.75 Å². The fourth-order valence-corrected chi connectivity index (χ4v) is 2.15. The molecule has 110 valence electrons. The molecule has 2 rings (SSSR count). The number of hydrogen-bond acceptors (Lipinski definition) is 4. The summed E-state index contributed by atoms with van der Waals surface area (Å²) in [4.78, 5) is 10.9. The van der Waals surface area contributed by atoms with Crippen LogP contribution < -0.4 is 10.1 Å². The summed E-state index contributed by atoms with van der Waals surface area (Å²) in [6.45, 7) is 6.77. The van der Waals surface area contributed by atoms with Crippen molar-refractivity contribution in [1.82, 2.24) is 5.32 Å². The van der Waals surface area contributed by atoms with Crippen LogP contribution >= 0.6 is 0 Å². The Morgan fingerprint density at radius 3 is 2.50 bits per heavy atom. The second kappa shape index (κ2) is 5.40. The van der Waals surface area contributed by atoms with E-state index in [0.29, 0.717) is 18.3 Å². The van der Waals surface area contributed by atoms with Crippen molar-refractivity contribution in [3.05, 3.63) is 33.4 Å². The molecule has 0 saturated heterocycles. The van der Waals surface area contributed by atoms with Crippen molar-refractivity contribution < 1.29 is 9.66 Å². The van der Waals surface area contributed by atoms with Gasteiger partial charge in [0.25, 0.3) is 0 Å². The molecule has 0 aliphatic heterocycles. The van der Waals surface area contributed by atoms with Crippen LogP contribution in [0.2, 0.25) is 0 Å². The van der Waals surface area contributed by atoms with Crippen LogP contribution in [0.4, 0.5) is 5.69 Å². The molecular formula is C15H22N2O3. The van der Waals surface area contributed by atoms with Crippen LogP contribution in [0.3, 0.4) is 0 Å². The quantitative estimate of drug-likeness (QED) is 0.663. The summed E-state index contributed by atoms with van der Waals surface area (Å²) in [5.41, 5.74) is 1.73. The zero-order valence-electron chi connectivity index (χ0n) is 12.5.